The number of hydrogen-bond donors (Lipinski definition) is 0. The van der Waals surface area contributed by atoms with Crippen LogP contribution in [0.2, 0.25) is 5.02 Å². The normalized spacial score (nSPS) is 15.2. The zero-order valence-corrected chi connectivity index (χ0v) is 13.5. The van der Waals surface area contributed by atoms with E-state index in [0.29, 0.717) is 18.7 Å². The van der Waals surface area contributed by atoms with Gasteiger partial charge in [0.05, 0.1) is 11.8 Å². The topological polar surface area (TPSA) is 41.4 Å². The Bertz CT molecular complexity index is 689. The van der Waals surface area contributed by atoms with Gasteiger partial charge in [-0.15, -0.1) is 0 Å². The molecular formula is C16H19ClN4O. The van der Waals surface area contributed by atoms with Gasteiger partial charge in [0, 0.05) is 50.1 Å². The van der Waals surface area contributed by atoms with Crippen LogP contribution in [0.25, 0.3) is 0 Å². The molecule has 1 aromatic carbocycles. The molecule has 3 rings (SSSR count). The van der Waals surface area contributed by atoms with Gasteiger partial charge < -0.3 is 9.80 Å². The largest absolute Gasteiger partial charge is 0.368 e. The van der Waals surface area contributed by atoms with Crippen molar-refractivity contribution in [3.63, 3.8) is 0 Å². The lowest BCUT2D eigenvalue weighted by Gasteiger charge is -2.36. The predicted octanol–water partition coefficient (Wildman–Crippen LogP) is 2.34. The van der Waals surface area contributed by atoms with E-state index < -0.39 is 0 Å². The van der Waals surface area contributed by atoms with Crippen LogP contribution >= 0.6 is 11.6 Å². The van der Waals surface area contributed by atoms with Crippen LogP contribution in [-0.4, -0.2) is 46.8 Å². The Morgan fingerprint density at radius 2 is 1.95 bits per heavy atom. The highest BCUT2D eigenvalue weighted by molar-refractivity contribution is 6.30. The van der Waals surface area contributed by atoms with E-state index >= 15 is 0 Å². The van der Waals surface area contributed by atoms with Crippen LogP contribution in [0.5, 0.6) is 0 Å². The summed E-state index contributed by atoms with van der Waals surface area (Å²) in [5, 5.41) is 4.81. The molecule has 1 fully saturated rings. The average Bonchev–Trinajstić information content (AvgIpc) is 2.96. The molecule has 0 saturated carbocycles. The molecule has 0 spiro atoms. The summed E-state index contributed by atoms with van der Waals surface area (Å²) < 4.78 is 1.65. The zero-order valence-electron chi connectivity index (χ0n) is 12.8. The number of benzene rings is 1. The minimum atomic E-state index is 0.0515. The van der Waals surface area contributed by atoms with E-state index in [1.165, 1.54) is 5.56 Å². The summed E-state index contributed by atoms with van der Waals surface area (Å²) in [7, 11) is 1.82. The highest BCUT2D eigenvalue weighted by Gasteiger charge is 2.23. The molecule has 1 saturated heterocycles. The van der Waals surface area contributed by atoms with Gasteiger partial charge in [0.1, 0.15) is 0 Å². The number of anilines is 1. The van der Waals surface area contributed by atoms with Gasteiger partial charge in [-0.05, 0) is 24.6 Å². The van der Waals surface area contributed by atoms with Gasteiger partial charge in [0.25, 0.3) is 5.91 Å². The van der Waals surface area contributed by atoms with Crippen molar-refractivity contribution in [3.05, 3.63) is 46.7 Å². The number of hydrogen-bond acceptors (Lipinski definition) is 3. The third-order valence-electron chi connectivity index (χ3n) is 4.03. The van der Waals surface area contributed by atoms with E-state index in [2.05, 4.69) is 16.9 Å². The number of amides is 1. The number of carbonyl (C=O) groups is 1. The summed E-state index contributed by atoms with van der Waals surface area (Å²) in [5.41, 5.74) is 3.01. The van der Waals surface area contributed by atoms with Crippen LogP contribution in [-0.2, 0) is 7.05 Å². The molecule has 1 aliphatic heterocycles. The maximum absolute atomic E-state index is 12.4. The fourth-order valence-corrected chi connectivity index (χ4v) is 2.95. The highest BCUT2D eigenvalue weighted by Crippen LogP contribution is 2.25. The number of carbonyl (C=O) groups excluding carboxylic acids is 1. The third kappa shape index (κ3) is 2.95. The molecule has 116 valence electrons. The summed E-state index contributed by atoms with van der Waals surface area (Å²) in [6.45, 7) is 5.12. The van der Waals surface area contributed by atoms with Crippen molar-refractivity contribution in [3.8, 4) is 0 Å². The van der Waals surface area contributed by atoms with E-state index in [-0.39, 0.29) is 5.91 Å². The Morgan fingerprint density at radius 1 is 1.23 bits per heavy atom. The summed E-state index contributed by atoms with van der Waals surface area (Å²) in [6, 6.07) is 5.93. The zero-order chi connectivity index (χ0) is 15.7. The Hall–Kier alpha value is -2.01. The van der Waals surface area contributed by atoms with Gasteiger partial charge in [-0.3, -0.25) is 9.48 Å². The highest BCUT2D eigenvalue weighted by atomic mass is 35.5. The van der Waals surface area contributed by atoms with Crippen LogP contribution in [0.1, 0.15) is 15.9 Å². The molecule has 1 amide bonds. The summed E-state index contributed by atoms with van der Waals surface area (Å²) >= 11 is 6.10. The Balaban J connectivity index is 1.67. The lowest BCUT2D eigenvalue weighted by atomic mass is 10.1. The molecule has 0 unspecified atom stereocenters. The van der Waals surface area contributed by atoms with Crippen LogP contribution in [0.15, 0.2) is 30.6 Å². The fourth-order valence-electron chi connectivity index (χ4n) is 2.79. The van der Waals surface area contributed by atoms with Gasteiger partial charge in [0.2, 0.25) is 0 Å². The predicted molar refractivity (Wildman–Crippen MR) is 87.5 cm³/mol. The SMILES string of the molecule is Cc1ccc(Cl)cc1N1CCN(C(=O)c2cnn(C)c2)CC1. The monoisotopic (exact) mass is 318 g/mol. The van der Waals surface area contributed by atoms with E-state index in [0.717, 1.165) is 23.8 Å². The van der Waals surface area contributed by atoms with Crippen LogP contribution in [0.3, 0.4) is 0 Å². The molecule has 0 bridgehead atoms. The second-order valence-electron chi connectivity index (χ2n) is 5.61. The van der Waals surface area contributed by atoms with Crippen molar-refractivity contribution < 1.29 is 4.79 Å². The van der Waals surface area contributed by atoms with E-state index in [1.807, 2.05) is 30.1 Å². The van der Waals surface area contributed by atoms with Crippen LogP contribution < -0.4 is 4.90 Å². The summed E-state index contributed by atoms with van der Waals surface area (Å²) in [6.07, 6.45) is 3.38. The van der Waals surface area contributed by atoms with Crippen molar-refractivity contribution in [1.29, 1.82) is 0 Å². The van der Waals surface area contributed by atoms with Gasteiger partial charge in [-0.1, -0.05) is 17.7 Å². The molecule has 22 heavy (non-hydrogen) atoms. The fraction of sp³-hybridized carbons (Fsp3) is 0.375. The number of piperazine rings is 1. The van der Waals surface area contributed by atoms with Crippen molar-refractivity contribution in [2.24, 2.45) is 7.05 Å². The third-order valence-corrected chi connectivity index (χ3v) is 4.27. The number of halogens is 1. The summed E-state index contributed by atoms with van der Waals surface area (Å²) in [4.78, 5) is 16.6. The summed E-state index contributed by atoms with van der Waals surface area (Å²) in [5.74, 6) is 0.0515. The Morgan fingerprint density at radius 3 is 2.59 bits per heavy atom. The van der Waals surface area contributed by atoms with Gasteiger partial charge in [0.15, 0.2) is 0 Å². The van der Waals surface area contributed by atoms with E-state index in [1.54, 1.807) is 17.1 Å². The van der Waals surface area contributed by atoms with Gasteiger partial charge in [-0.25, -0.2) is 0 Å². The first-order valence-electron chi connectivity index (χ1n) is 7.33. The lowest BCUT2D eigenvalue weighted by Crippen LogP contribution is -2.49. The van der Waals surface area contributed by atoms with E-state index in [4.69, 9.17) is 11.6 Å². The maximum Gasteiger partial charge on any atom is 0.257 e. The molecule has 2 aromatic rings. The molecule has 1 aliphatic rings. The number of aryl methyl sites for hydroxylation is 2. The molecule has 0 radical (unpaired) electrons. The molecule has 2 heterocycles. The van der Waals surface area contributed by atoms with Crippen molar-refractivity contribution >= 4 is 23.2 Å². The number of rotatable bonds is 2. The smallest absolute Gasteiger partial charge is 0.257 e. The maximum atomic E-state index is 12.4. The van der Waals surface area contributed by atoms with Gasteiger partial charge in [-0.2, -0.15) is 5.10 Å². The second kappa shape index (κ2) is 6.01. The van der Waals surface area contributed by atoms with Gasteiger partial charge >= 0.3 is 0 Å². The van der Waals surface area contributed by atoms with Crippen LogP contribution in [0, 0.1) is 6.92 Å². The minimum absolute atomic E-state index is 0.0515. The molecule has 0 N–H and O–H groups in total. The molecular weight excluding hydrogens is 300 g/mol. The molecule has 1 aromatic heterocycles. The average molecular weight is 319 g/mol. The van der Waals surface area contributed by atoms with Crippen LogP contribution in [0.4, 0.5) is 5.69 Å². The minimum Gasteiger partial charge on any atom is -0.368 e. The molecule has 6 heteroatoms. The first kappa shape index (κ1) is 14.9. The lowest BCUT2D eigenvalue weighted by molar-refractivity contribution is 0.0746. The quantitative estimate of drug-likeness (QED) is 0.853. The van der Waals surface area contributed by atoms with E-state index in [9.17, 15) is 4.79 Å². The Kier molecular flexibility index (Phi) is 4.07. The first-order valence-corrected chi connectivity index (χ1v) is 7.71. The number of nitrogens with zero attached hydrogens (tertiary/aromatic N) is 4. The van der Waals surface area contributed by atoms with Crippen molar-refractivity contribution in [2.45, 2.75) is 6.92 Å². The Labute approximate surface area is 135 Å². The molecule has 0 atom stereocenters. The first-order chi connectivity index (χ1) is 10.5. The number of aromatic nitrogens is 2. The molecule has 5 nitrogen and oxygen atoms in total. The van der Waals surface area contributed by atoms with Crippen molar-refractivity contribution in [1.82, 2.24) is 14.7 Å². The molecule has 0 aliphatic carbocycles. The second-order valence-corrected chi connectivity index (χ2v) is 6.05. The van der Waals surface area contributed by atoms with Crippen molar-refractivity contribution in [2.75, 3.05) is 31.1 Å². The standard InChI is InChI=1S/C16H19ClN4O/c1-12-3-4-14(17)9-15(12)20-5-7-21(8-6-20)16(22)13-10-18-19(2)11-13/h3-4,9-11H,5-8H2,1-2H3.